The summed E-state index contributed by atoms with van der Waals surface area (Å²) in [5.41, 5.74) is 5.83. The van der Waals surface area contributed by atoms with Crippen LogP contribution < -0.4 is 11.1 Å². The molecule has 0 bridgehead atoms. The summed E-state index contributed by atoms with van der Waals surface area (Å²) in [6.07, 6.45) is 2.82. The Hall–Kier alpha value is -0.770. The van der Waals surface area contributed by atoms with Gasteiger partial charge < -0.3 is 16.0 Å². The molecule has 0 spiro atoms. The second kappa shape index (κ2) is 5.20. The summed E-state index contributed by atoms with van der Waals surface area (Å²) in [6.45, 7) is 5.66. The lowest BCUT2D eigenvalue weighted by Crippen LogP contribution is -2.51. The third-order valence-corrected chi connectivity index (χ3v) is 2.70. The molecule has 0 aromatic rings. The number of piperidine rings is 1. The fourth-order valence-corrected chi connectivity index (χ4v) is 1.84. The number of urea groups is 1. The summed E-state index contributed by atoms with van der Waals surface area (Å²) in [4.78, 5) is 13.5. The van der Waals surface area contributed by atoms with Crippen LogP contribution in [-0.4, -0.2) is 36.1 Å². The number of carbonyl (C=O) groups is 1. The molecule has 2 atom stereocenters. The number of amides is 2. The van der Waals surface area contributed by atoms with Crippen molar-refractivity contribution in [1.82, 2.24) is 10.2 Å². The molecule has 1 fully saturated rings. The van der Waals surface area contributed by atoms with Gasteiger partial charge in [-0.2, -0.15) is 0 Å². The van der Waals surface area contributed by atoms with Gasteiger partial charge in [0.2, 0.25) is 0 Å². The van der Waals surface area contributed by atoms with Crippen LogP contribution in [0.4, 0.5) is 4.79 Å². The topological polar surface area (TPSA) is 58.4 Å². The molecule has 0 aromatic heterocycles. The van der Waals surface area contributed by atoms with E-state index in [2.05, 4.69) is 19.2 Å². The number of nitrogens with zero attached hydrogens (tertiary/aromatic N) is 1. The summed E-state index contributed by atoms with van der Waals surface area (Å²) < 4.78 is 0. The van der Waals surface area contributed by atoms with Gasteiger partial charge in [0.1, 0.15) is 0 Å². The van der Waals surface area contributed by atoms with Crippen molar-refractivity contribution in [2.24, 2.45) is 5.73 Å². The molecule has 0 aliphatic carbocycles. The fourth-order valence-electron chi connectivity index (χ4n) is 1.84. The first-order chi connectivity index (χ1) is 6.65. The Labute approximate surface area is 85.8 Å². The van der Waals surface area contributed by atoms with Gasteiger partial charge in [-0.1, -0.05) is 6.92 Å². The van der Waals surface area contributed by atoms with Gasteiger partial charge in [0, 0.05) is 25.2 Å². The van der Waals surface area contributed by atoms with E-state index in [0.717, 1.165) is 32.4 Å². The van der Waals surface area contributed by atoms with Gasteiger partial charge >= 0.3 is 6.03 Å². The Kier molecular flexibility index (Phi) is 4.20. The van der Waals surface area contributed by atoms with Crippen LogP contribution in [0.3, 0.4) is 0 Å². The van der Waals surface area contributed by atoms with E-state index in [-0.39, 0.29) is 18.1 Å². The number of nitrogens with two attached hydrogens (primary N) is 1. The Morgan fingerprint density at radius 1 is 1.64 bits per heavy atom. The molecule has 4 heteroatoms. The molecule has 1 rings (SSSR count). The highest BCUT2D eigenvalue weighted by atomic mass is 16.2. The van der Waals surface area contributed by atoms with Crippen LogP contribution in [0.15, 0.2) is 0 Å². The number of nitrogens with one attached hydrogen (secondary N) is 1. The first-order valence-corrected chi connectivity index (χ1v) is 5.45. The van der Waals surface area contributed by atoms with Crippen LogP contribution in [0.5, 0.6) is 0 Å². The van der Waals surface area contributed by atoms with Crippen molar-refractivity contribution in [2.75, 3.05) is 13.1 Å². The maximum atomic E-state index is 11.6. The van der Waals surface area contributed by atoms with Gasteiger partial charge in [-0.05, 0) is 26.2 Å². The van der Waals surface area contributed by atoms with Crippen molar-refractivity contribution in [1.29, 1.82) is 0 Å². The first-order valence-electron chi connectivity index (χ1n) is 5.45. The van der Waals surface area contributed by atoms with Crippen molar-refractivity contribution in [3.63, 3.8) is 0 Å². The lowest BCUT2D eigenvalue weighted by molar-refractivity contribution is 0.151. The molecule has 1 saturated heterocycles. The van der Waals surface area contributed by atoms with Crippen LogP contribution in [0.2, 0.25) is 0 Å². The quantitative estimate of drug-likeness (QED) is 0.694. The van der Waals surface area contributed by atoms with Gasteiger partial charge in [0.05, 0.1) is 0 Å². The maximum Gasteiger partial charge on any atom is 0.317 e. The molecule has 2 unspecified atom stereocenters. The summed E-state index contributed by atoms with van der Waals surface area (Å²) in [6, 6.07) is 0.599. The zero-order valence-corrected chi connectivity index (χ0v) is 9.12. The molecule has 1 aliphatic rings. The highest BCUT2D eigenvalue weighted by molar-refractivity contribution is 5.74. The molecule has 82 valence electrons. The molecule has 1 heterocycles. The number of rotatable bonds is 2. The second-order valence-corrected chi connectivity index (χ2v) is 4.06. The minimum Gasteiger partial charge on any atom is -0.338 e. The molecule has 1 aliphatic heterocycles. The predicted octanol–water partition coefficient (Wildman–Crippen LogP) is 0.918. The van der Waals surface area contributed by atoms with Crippen molar-refractivity contribution in [2.45, 2.75) is 45.2 Å². The largest absolute Gasteiger partial charge is 0.338 e. The maximum absolute atomic E-state index is 11.6. The Balaban J connectivity index is 2.39. The van der Waals surface area contributed by atoms with Crippen molar-refractivity contribution >= 4 is 6.03 Å². The number of likely N-dealkylation sites (tertiary alicyclic amines) is 1. The van der Waals surface area contributed by atoms with Gasteiger partial charge in [0.25, 0.3) is 0 Å². The van der Waals surface area contributed by atoms with Gasteiger partial charge in [0.15, 0.2) is 0 Å². The zero-order chi connectivity index (χ0) is 10.6. The fraction of sp³-hybridized carbons (Fsp3) is 0.900. The number of hydrogen-bond donors (Lipinski definition) is 2. The molecule has 14 heavy (non-hydrogen) atoms. The van der Waals surface area contributed by atoms with Crippen LogP contribution in [0.1, 0.15) is 33.1 Å². The first kappa shape index (κ1) is 11.3. The summed E-state index contributed by atoms with van der Waals surface area (Å²) in [7, 11) is 0. The van der Waals surface area contributed by atoms with Gasteiger partial charge in [-0.25, -0.2) is 4.79 Å². The Morgan fingerprint density at radius 3 is 2.93 bits per heavy atom. The molecule has 4 nitrogen and oxygen atoms in total. The number of carbonyl (C=O) groups excluding carboxylic acids is 1. The van der Waals surface area contributed by atoms with Crippen LogP contribution in [0, 0.1) is 0 Å². The average Bonchev–Trinajstić information content (AvgIpc) is 2.14. The molecular weight excluding hydrogens is 178 g/mol. The minimum absolute atomic E-state index is 0.0613. The van der Waals surface area contributed by atoms with E-state index in [1.54, 1.807) is 0 Å². The summed E-state index contributed by atoms with van der Waals surface area (Å²) in [5.74, 6) is 0. The van der Waals surface area contributed by atoms with Gasteiger partial charge in [-0.3, -0.25) is 0 Å². The van der Waals surface area contributed by atoms with E-state index in [9.17, 15) is 4.79 Å². The van der Waals surface area contributed by atoms with E-state index in [1.807, 2.05) is 4.90 Å². The van der Waals surface area contributed by atoms with E-state index in [1.165, 1.54) is 0 Å². The van der Waals surface area contributed by atoms with Crippen molar-refractivity contribution < 1.29 is 4.79 Å². The smallest absolute Gasteiger partial charge is 0.317 e. The predicted molar refractivity (Wildman–Crippen MR) is 57.1 cm³/mol. The van der Waals surface area contributed by atoms with E-state index in [4.69, 9.17) is 5.73 Å². The van der Waals surface area contributed by atoms with Crippen LogP contribution in [0.25, 0.3) is 0 Å². The van der Waals surface area contributed by atoms with Crippen LogP contribution in [-0.2, 0) is 0 Å². The highest BCUT2D eigenvalue weighted by Crippen LogP contribution is 2.15. The molecule has 0 saturated carbocycles. The third-order valence-electron chi connectivity index (χ3n) is 2.70. The second-order valence-electron chi connectivity index (χ2n) is 4.06. The molecule has 3 N–H and O–H groups in total. The highest BCUT2D eigenvalue weighted by Gasteiger charge is 2.26. The normalized spacial score (nSPS) is 27.5. The number of hydrogen-bond acceptors (Lipinski definition) is 2. The van der Waals surface area contributed by atoms with E-state index >= 15 is 0 Å². The Morgan fingerprint density at radius 2 is 2.36 bits per heavy atom. The standard InChI is InChI=1S/C10H21N3O/c1-3-5-12-10(14)13-6-4-9(11)7-8(13)2/h8-9H,3-7,11H2,1-2H3,(H,12,14). The molecule has 0 radical (unpaired) electrons. The summed E-state index contributed by atoms with van der Waals surface area (Å²) >= 11 is 0. The Bertz CT molecular complexity index is 196. The molecular formula is C10H21N3O. The SMILES string of the molecule is CCCNC(=O)N1CCC(N)CC1C. The molecule has 0 aromatic carbocycles. The zero-order valence-electron chi connectivity index (χ0n) is 9.12. The lowest BCUT2D eigenvalue weighted by atomic mass is 10.00. The lowest BCUT2D eigenvalue weighted by Gasteiger charge is -2.36. The van der Waals surface area contributed by atoms with Gasteiger partial charge in [-0.15, -0.1) is 0 Å². The van der Waals surface area contributed by atoms with Crippen molar-refractivity contribution in [3.8, 4) is 0 Å². The molecule has 2 amide bonds. The average molecular weight is 199 g/mol. The third kappa shape index (κ3) is 2.87. The van der Waals surface area contributed by atoms with E-state index in [0.29, 0.717) is 0 Å². The van der Waals surface area contributed by atoms with Crippen molar-refractivity contribution in [3.05, 3.63) is 0 Å². The summed E-state index contributed by atoms with van der Waals surface area (Å²) in [5, 5.41) is 2.89. The van der Waals surface area contributed by atoms with E-state index < -0.39 is 0 Å². The monoisotopic (exact) mass is 199 g/mol. The minimum atomic E-state index is 0.0613. The van der Waals surface area contributed by atoms with Crippen LogP contribution >= 0.6 is 0 Å².